The van der Waals surface area contributed by atoms with Crippen LogP contribution in [0.5, 0.6) is 0 Å². The minimum Gasteiger partial charge on any atom is -0.343 e. The van der Waals surface area contributed by atoms with Crippen molar-refractivity contribution in [2.24, 2.45) is 15.0 Å². The number of rotatable bonds is 1. The summed E-state index contributed by atoms with van der Waals surface area (Å²) in [7, 11) is 1.67. The largest absolute Gasteiger partial charge is 0.343 e. The first-order chi connectivity index (χ1) is 9.17. The Labute approximate surface area is 118 Å². The molecule has 0 saturated heterocycles. The summed E-state index contributed by atoms with van der Waals surface area (Å²) in [6.07, 6.45) is 5.00. The normalized spacial score (nSPS) is 17.7. The topological polar surface area (TPSA) is 49.1 Å². The minimum absolute atomic E-state index is 0.679. The molecule has 100 valence electrons. The van der Waals surface area contributed by atoms with Gasteiger partial charge < -0.3 is 5.32 Å². The molecule has 1 N–H and O–H groups in total. The zero-order valence-electron chi connectivity index (χ0n) is 11.3. The van der Waals surface area contributed by atoms with Gasteiger partial charge in [0.25, 0.3) is 0 Å². The van der Waals surface area contributed by atoms with Gasteiger partial charge in [-0.15, -0.1) is 0 Å². The predicted octanol–water partition coefficient (Wildman–Crippen LogP) is 3.23. The summed E-state index contributed by atoms with van der Waals surface area (Å²) in [5.74, 6) is 0.679. The number of allylic oxidation sites excluding steroid dienone is 1. The van der Waals surface area contributed by atoms with Crippen molar-refractivity contribution in [3.63, 3.8) is 0 Å². The molecular weight excluding hydrogens is 260 g/mol. The molecule has 1 aromatic carbocycles. The van der Waals surface area contributed by atoms with Crippen LogP contribution in [0, 0.1) is 6.92 Å². The SMILES string of the molecule is C/C=C1\NC=NC1=NC=NC.Cc1ccc(Cl)cc1. The van der Waals surface area contributed by atoms with Gasteiger partial charge in [-0.1, -0.05) is 35.4 Å². The lowest BCUT2D eigenvalue weighted by molar-refractivity contribution is 1.27. The molecule has 0 spiro atoms. The maximum absolute atomic E-state index is 5.61. The molecule has 0 radical (unpaired) electrons. The Kier molecular flexibility index (Phi) is 6.53. The lowest BCUT2D eigenvalue weighted by atomic mass is 10.2. The molecule has 0 atom stereocenters. The smallest absolute Gasteiger partial charge is 0.178 e. The van der Waals surface area contributed by atoms with Crippen molar-refractivity contribution in [2.45, 2.75) is 13.8 Å². The Morgan fingerprint density at radius 3 is 2.47 bits per heavy atom. The molecule has 0 aliphatic carbocycles. The van der Waals surface area contributed by atoms with E-state index in [1.165, 1.54) is 11.9 Å². The molecule has 1 heterocycles. The number of aliphatic imine (C=N–C) groups is 3. The second-order valence-corrected chi connectivity index (χ2v) is 4.16. The second-order valence-electron chi connectivity index (χ2n) is 3.73. The fourth-order valence-corrected chi connectivity index (χ4v) is 1.38. The lowest BCUT2D eigenvalue weighted by Gasteiger charge is -1.93. The van der Waals surface area contributed by atoms with Gasteiger partial charge in [-0.25, -0.2) is 9.98 Å². The summed E-state index contributed by atoms with van der Waals surface area (Å²) < 4.78 is 0. The van der Waals surface area contributed by atoms with Gasteiger partial charge in [-0.3, -0.25) is 4.99 Å². The monoisotopic (exact) mass is 276 g/mol. The summed E-state index contributed by atoms with van der Waals surface area (Å²) in [5.41, 5.74) is 2.17. The summed E-state index contributed by atoms with van der Waals surface area (Å²) in [5, 5.41) is 3.74. The van der Waals surface area contributed by atoms with E-state index < -0.39 is 0 Å². The molecule has 0 fully saturated rings. The van der Waals surface area contributed by atoms with Gasteiger partial charge in [0.1, 0.15) is 6.34 Å². The molecule has 0 bridgehead atoms. The quantitative estimate of drug-likeness (QED) is 0.621. The summed E-state index contributed by atoms with van der Waals surface area (Å²) in [6.45, 7) is 3.96. The van der Waals surface area contributed by atoms with Crippen LogP contribution in [0.2, 0.25) is 5.02 Å². The van der Waals surface area contributed by atoms with Crippen molar-refractivity contribution in [3.05, 3.63) is 46.6 Å². The van der Waals surface area contributed by atoms with Gasteiger partial charge in [-0.05, 0) is 26.0 Å². The Hall–Kier alpha value is -1.94. The molecular formula is C14H17ClN4. The highest BCUT2D eigenvalue weighted by atomic mass is 35.5. The minimum atomic E-state index is 0.679. The Morgan fingerprint density at radius 1 is 1.26 bits per heavy atom. The van der Waals surface area contributed by atoms with Crippen LogP contribution in [-0.2, 0) is 0 Å². The zero-order chi connectivity index (χ0) is 14.1. The molecule has 19 heavy (non-hydrogen) atoms. The van der Waals surface area contributed by atoms with Crippen molar-refractivity contribution in [1.29, 1.82) is 0 Å². The van der Waals surface area contributed by atoms with E-state index in [2.05, 4.69) is 20.3 Å². The number of hydrogen-bond acceptors (Lipinski definition) is 2. The van der Waals surface area contributed by atoms with E-state index in [1.807, 2.05) is 44.2 Å². The Balaban J connectivity index is 0.000000200. The number of nitrogens with zero attached hydrogens (tertiary/aromatic N) is 3. The number of hydrogen-bond donors (Lipinski definition) is 1. The van der Waals surface area contributed by atoms with Crippen LogP contribution in [-0.4, -0.2) is 25.6 Å². The molecule has 1 aliphatic heterocycles. The summed E-state index contributed by atoms with van der Waals surface area (Å²) in [6, 6.07) is 7.75. The molecule has 0 unspecified atom stereocenters. The molecule has 4 nitrogen and oxygen atoms in total. The van der Waals surface area contributed by atoms with E-state index in [1.54, 1.807) is 13.4 Å². The fraction of sp³-hybridized carbons (Fsp3) is 0.214. The molecule has 0 saturated carbocycles. The lowest BCUT2D eigenvalue weighted by Crippen LogP contribution is -2.07. The van der Waals surface area contributed by atoms with Crippen molar-refractivity contribution in [3.8, 4) is 0 Å². The van der Waals surface area contributed by atoms with Crippen LogP contribution in [0.1, 0.15) is 12.5 Å². The second kappa shape index (κ2) is 8.21. The highest BCUT2D eigenvalue weighted by Gasteiger charge is 2.06. The van der Waals surface area contributed by atoms with Crippen molar-refractivity contribution in [2.75, 3.05) is 7.05 Å². The van der Waals surface area contributed by atoms with Gasteiger partial charge in [0.05, 0.1) is 12.0 Å². The average molecular weight is 277 g/mol. The first kappa shape index (κ1) is 15.1. The van der Waals surface area contributed by atoms with E-state index in [-0.39, 0.29) is 0 Å². The van der Waals surface area contributed by atoms with E-state index in [9.17, 15) is 0 Å². The van der Waals surface area contributed by atoms with Crippen LogP contribution < -0.4 is 5.32 Å². The van der Waals surface area contributed by atoms with E-state index in [4.69, 9.17) is 11.6 Å². The first-order valence-corrected chi connectivity index (χ1v) is 6.21. The third kappa shape index (κ3) is 5.48. The molecule has 1 aromatic rings. The molecule has 0 amide bonds. The zero-order valence-corrected chi connectivity index (χ0v) is 12.0. The summed E-state index contributed by atoms with van der Waals surface area (Å²) >= 11 is 5.61. The average Bonchev–Trinajstić information content (AvgIpc) is 2.88. The Bertz CT molecular complexity index is 492. The number of benzene rings is 1. The number of halogens is 1. The summed E-state index contributed by atoms with van der Waals surface area (Å²) in [4.78, 5) is 11.7. The van der Waals surface area contributed by atoms with E-state index in [0.29, 0.717) is 5.84 Å². The number of nitrogens with one attached hydrogen (secondary N) is 1. The van der Waals surface area contributed by atoms with Crippen molar-refractivity contribution < 1.29 is 0 Å². The van der Waals surface area contributed by atoms with E-state index in [0.717, 1.165) is 10.7 Å². The van der Waals surface area contributed by atoms with Crippen molar-refractivity contribution >= 4 is 30.1 Å². The molecule has 0 aromatic heterocycles. The molecule has 5 heteroatoms. The number of aryl methyl sites for hydroxylation is 1. The Morgan fingerprint density at radius 2 is 1.95 bits per heavy atom. The fourth-order valence-electron chi connectivity index (χ4n) is 1.26. The van der Waals surface area contributed by atoms with Crippen LogP contribution in [0.4, 0.5) is 0 Å². The van der Waals surface area contributed by atoms with Gasteiger partial charge in [-0.2, -0.15) is 0 Å². The van der Waals surface area contributed by atoms with Crippen LogP contribution >= 0.6 is 11.6 Å². The molecule has 1 aliphatic rings. The van der Waals surface area contributed by atoms with Gasteiger partial charge in [0.2, 0.25) is 0 Å². The third-order valence-electron chi connectivity index (χ3n) is 2.24. The van der Waals surface area contributed by atoms with Crippen LogP contribution in [0.15, 0.2) is 51.0 Å². The first-order valence-electron chi connectivity index (χ1n) is 5.83. The maximum Gasteiger partial charge on any atom is 0.178 e. The van der Waals surface area contributed by atoms with Crippen LogP contribution in [0.3, 0.4) is 0 Å². The van der Waals surface area contributed by atoms with Gasteiger partial charge in [0.15, 0.2) is 5.84 Å². The van der Waals surface area contributed by atoms with E-state index >= 15 is 0 Å². The van der Waals surface area contributed by atoms with Gasteiger partial charge >= 0.3 is 0 Å². The highest BCUT2D eigenvalue weighted by molar-refractivity contribution is 6.30. The van der Waals surface area contributed by atoms with Crippen LogP contribution in [0.25, 0.3) is 0 Å². The predicted molar refractivity (Wildman–Crippen MR) is 83.4 cm³/mol. The molecule has 2 rings (SSSR count). The highest BCUT2D eigenvalue weighted by Crippen LogP contribution is 2.07. The maximum atomic E-state index is 5.61. The van der Waals surface area contributed by atoms with Gasteiger partial charge in [0, 0.05) is 12.1 Å². The van der Waals surface area contributed by atoms with Crippen molar-refractivity contribution in [1.82, 2.24) is 5.32 Å². The third-order valence-corrected chi connectivity index (χ3v) is 2.49. The number of amidine groups is 1. The standard InChI is InChI=1S/C7H7Cl.C7H10N4/c1-6-2-4-7(8)5-3-6;1-3-6-7(10-4-8-2)11-5-9-6/h2-5H,1H3;3-5H,1-2H3,(H,8,9,10,11)/b;6-3-.